The molecule has 3 nitrogen and oxygen atoms in total. The zero-order valence-electron chi connectivity index (χ0n) is 10.0. The number of hydrogen-bond acceptors (Lipinski definition) is 2. The van der Waals surface area contributed by atoms with Crippen LogP contribution in [0.4, 0.5) is 13.2 Å². The summed E-state index contributed by atoms with van der Waals surface area (Å²) in [5.74, 6) is -0.326. The van der Waals surface area contributed by atoms with Gasteiger partial charge in [0.15, 0.2) is 0 Å². The van der Waals surface area contributed by atoms with Crippen LogP contribution in [-0.2, 0) is 4.79 Å². The number of nitrogens with one attached hydrogen (secondary N) is 1. The Morgan fingerprint density at radius 3 is 2.53 bits per heavy atom. The second-order valence-electron chi connectivity index (χ2n) is 4.39. The monoisotopic (exact) mass is 252 g/mol. The van der Waals surface area contributed by atoms with Crippen molar-refractivity contribution in [3.63, 3.8) is 0 Å². The van der Waals surface area contributed by atoms with Gasteiger partial charge in [0.25, 0.3) is 0 Å². The minimum absolute atomic E-state index is 0.0593. The van der Waals surface area contributed by atoms with Crippen molar-refractivity contribution in [3.05, 3.63) is 0 Å². The van der Waals surface area contributed by atoms with E-state index < -0.39 is 12.2 Å². The van der Waals surface area contributed by atoms with E-state index in [4.69, 9.17) is 0 Å². The van der Waals surface area contributed by atoms with Gasteiger partial charge in [0.1, 0.15) is 6.04 Å². The molecule has 17 heavy (non-hydrogen) atoms. The third-order valence-electron chi connectivity index (χ3n) is 2.93. The van der Waals surface area contributed by atoms with Gasteiger partial charge in [-0.05, 0) is 6.42 Å². The summed E-state index contributed by atoms with van der Waals surface area (Å²) in [6, 6.07) is -1.54. The van der Waals surface area contributed by atoms with Crippen molar-refractivity contribution in [2.75, 3.05) is 6.54 Å². The quantitative estimate of drug-likeness (QED) is 0.737. The molecule has 1 saturated heterocycles. The van der Waals surface area contributed by atoms with Crippen LogP contribution in [0, 0.1) is 0 Å². The van der Waals surface area contributed by atoms with Crippen LogP contribution < -0.4 is 5.43 Å². The molecule has 6 heteroatoms. The highest BCUT2D eigenvalue weighted by atomic mass is 19.4. The molecule has 1 heterocycles. The molecule has 0 aliphatic carbocycles. The van der Waals surface area contributed by atoms with Crippen molar-refractivity contribution in [1.82, 2.24) is 10.4 Å². The van der Waals surface area contributed by atoms with E-state index in [1.807, 2.05) is 6.92 Å². The Morgan fingerprint density at radius 2 is 2.06 bits per heavy atom. The normalized spacial score (nSPS) is 19.4. The fourth-order valence-electron chi connectivity index (χ4n) is 1.99. The van der Waals surface area contributed by atoms with Crippen molar-refractivity contribution >= 4 is 5.91 Å². The lowest BCUT2D eigenvalue weighted by Gasteiger charge is -2.28. The minimum atomic E-state index is -4.27. The predicted molar refractivity (Wildman–Crippen MR) is 58.1 cm³/mol. The molecule has 1 aliphatic heterocycles. The third-order valence-corrected chi connectivity index (χ3v) is 2.93. The number of hydrogen-bond donors (Lipinski definition) is 1. The van der Waals surface area contributed by atoms with E-state index in [9.17, 15) is 18.0 Å². The van der Waals surface area contributed by atoms with E-state index in [1.54, 1.807) is 0 Å². The number of unbranched alkanes of at least 4 members (excludes halogenated alkanes) is 3. The molecule has 0 bridgehead atoms. The molecule has 1 atom stereocenters. The first-order valence-electron chi connectivity index (χ1n) is 6.08. The van der Waals surface area contributed by atoms with Crippen molar-refractivity contribution in [1.29, 1.82) is 0 Å². The van der Waals surface area contributed by atoms with Gasteiger partial charge in [-0.15, -0.1) is 0 Å². The lowest BCUT2D eigenvalue weighted by atomic mass is 10.1. The van der Waals surface area contributed by atoms with E-state index >= 15 is 0 Å². The molecule has 0 radical (unpaired) electrons. The lowest BCUT2D eigenvalue weighted by molar-refractivity contribution is -0.190. The first-order chi connectivity index (χ1) is 7.95. The van der Waals surface area contributed by atoms with E-state index in [2.05, 4.69) is 5.43 Å². The molecule has 1 rings (SSSR count). The smallest absolute Gasteiger partial charge is 0.288 e. The second-order valence-corrected chi connectivity index (χ2v) is 4.39. The fourth-order valence-corrected chi connectivity index (χ4v) is 1.99. The third kappa shape index (κ3) is 4.53. The summed E-state index contributed by atoms with van der Waals surface area (Å²) in [5, 5.41) is 1.04. The standard InChI is InChI=1S/C11H19F3N2O/c1-2-3-4-5-6-9(11(12,13)14)16-8-7-10(17)15-16/h9H,2-8H2,1H3,(H,15,17). The van der Waals surface area contributed by atoms with Crippen molar-refractivity contribution in [3.8, 4) is 0 Å². The summed E-state index contributed by atoms with van der Waals surface area (Å²) < 4.78 is 38.4. The van der Waals surface area contributed by atoms with Crippen molar-refractivity contribution in [2.24, 2.45) is 0 Å². The molecular weight excluding hydrogens is 233 g/mol. The number of carbonyl (C=O) groups excluding carboxylic acids is 1. The van der Waals surface area contributed by atoms with Crippen LogP contribution in [0.2, 0.25) is 0 Å². The molecule has 0 aromatic carbocycles. The number of nitrogens with zero attached hydrogens (tertiary/aromatic N) is 1. The Kier molecular flexibility index (Phi) is 5.24. The molecule has 0 aromatic rings. The SMILES string of the molecule is CCCCCCC(N1CCC(=O)N1)C(F)(F)F. The number of carbonyl (C=O) groups is 1. The summed E-state index contributed by atoms with van der Waals surface area (Å²) in [6.07, 6.45) is -0.752. The first kappa shape index (κ1) is 14.3. The number of alkyl halides is 3. The number of hydrazine groups is 1. The van der Waals surface area contributed by atoms with Gasteiger partial charge in [-0.3, -0.25) is 10.2 Å². The largest absolute Gasteiger partial charge is 0.405 e. The van der Waals surface area contributed by atoms with Gasteiger partial charge >= 0.3 is 6.18 Å². The minimum Gasteiger partial charge on any atom is -0.288 e. The second kappa shape index (κ2) is 6.23. The molecule has 0 aromatic heterocycles. The zero-order valence-corrected chi connectivity index (χ0v) is 10.0. The number of rotatable bonds is 6. The van der Waals surface area contributed by atoms with Crippen molar-refractivity contribution < 1.29 is 18.0 Å². The molecule has 0 spiro atoms. The van der Waals surface area contributed by atoms with Crippen LogP contribution in [0.1, 0.15) is 45.4 Å². The molecule has 1 aliphatic rings. The average Bonchev–Trinajstić information content (AvgIpc) is 2.62. The first-order valence-corrected chi connectivity index (χ1v) is 6.08. The molecule has 1 fully saturated rings. The highest BCUT2D eigenvalue weighted by Gasteiger charge is 2.45. The van der Waals surface area contributed by atoms with Gasteiger partial charge in [0, 0.05) is 13.0 Å². The molecule has 0 saturated carbocycles. The molecule has 1 unspecified atom stereocenters. The average molecular weight is 252 g/mol. The van der Waals surface area contributed by atoms with E-state index in [1.165, 1.54) is 0 Å². The highest BCUT2D eigenvalue weighted by Crippen LogP contribution is 2.29. The summed E-state index contributed by atoms with van der Waals surface area (Å²) in [7, 11) is 0. The van der Waals surface area contributed by atoms with Gasteiger partial charge in [-0.1, -0.05) is 32.6 Å². The maximum atomic E-state index is 12.8. The van der Waals surface area contributed by atoms with Gasteiger partial charge in [-0.25, -0.2) is 5.01 Å². The van der Waals surface area contributed by atoms with E-state index in [0.29, 0.717) is 6.42 Å². The molecule has 1 N–H and O–H groups in total. The maximum Gasteiger partial charge on any atom is 0.405 e. The van der Waals surface area contributed by atoms with Crippen LogP contribution in [0.15, 0.2) is 0 Å². The van der Waals surface area contributed by atoms with Crippen LogP contribution in [0.3, 0.4) is 0 Å². The Hall–Kier alpha value is -0.780. The number of amides is 1. The summed E-state index contributed by atoms with van der Waals surface area (Å²) in [4.78, 5) is 10.9. The van der Waals surface area contributed by atoms with Gasteiger partial charge in [0.05, 0.1) is 0 Å². The topological polar surface area (TPSA) is 32.3 Å². The maximum absolute atomic E-state index is 12.8. The Balaban J connectivity index is 2.47. The van der Waals surface area contributed by atoms with Gasteiger partial charge < -0.3 is 0 Å². The van der Waals surface area contributed by atoms with Crippen LogP contribution in [-0.4, -0.2) is 29.7 Å². The van der Waals surface area contributed by atoms with Crippen LogP contribution in [0.25, 0.3) is 0 Å². The summed E-state index contributed by atoms with van der Waals surface area (Å²) >= 11 is 0. The van der Waals surface area contributed by atoms with Crippen molar-refractivity contribution in [2.45, 2.75) is 57.7 Å². The Labute approximate surface area is 99.3 Å². The fraction of sp³-hybridized carbons (Fsp3) is 0.909. The predicted octanol–water partition coefficient (Wildman–Crippen LogP) is 2.62. The van der Waals surface area contributed by atoms with Crippen LogP contribution in [0.5, 0.6) is 0 Å². The Morgan fingerprint density at radius 1 is 1.35 bits per heavy atom. The van der Waals surface area contributed by atoms with E-state index in [-0.39, 0.29) is 25.3 Å². The highest BCUT2D eigenvalue weighted by molar-refractivity contribution is 5.77. The Bertz CT molecular complexity index is 256. The summed E-state index contributed by atoms with van der Waals surface area (Å²) in [6.45, 7) is 2.17. The molecular formula is C11H19F3N2O. The molecule has 100 valence electrons. The van der Waals surface area contributed by atoms with Crippen LogP contribution >= 0.6 is 0 Å². The lowest BCUT2D eigenvalue weighted by Crippen LogP contribution is -2.49. The zero-order chi connectivity index (χ0) is 12.9. The molecule has 1 amide bonds. The van der Waals surface area contributed by atoms with Gasteiger partial charge in [0.2, 0.25) is 5.91 Å². The summed E-state index contributed by atoms with van der Waals surface area (Å²) in [5.41, 5.74) is 2.28. The van der Waals surface area contributed by atoms with Gasteiger partial charge in [-0.2, -0.15) is 13.2 Å². The number of halogens is 3. The van der Waals surface area contributed by atoms with E-state index in [0.717, 1.165) is 24.3 Å².